The van der Waals surface area contributed by atoms with Crippen molar-refractivity contribution < 1.29 is 9.59 Å². The van der Waals surface area contributed by atoms with Crippen molar-refractivity contribution >= 4 is 17.5 Å². The van der Waals surface area contributed by atoms with Crippen LogP contribution in [0.3, 0.4) is 0 Å². The maximum absolute atomic E-state index is 12.8. The Kier molecular flexibility index (Phi) is 3.13. The second-order valence-electron chi connectivity index (χ2n) is 5.67. The minimum absolute atomic E-state index is 0.139. The molecular weight excluding hydrogens is 262 g/mol. The number of carbonyl (C=O) groups is 2. The highest BCUT2D eigenvalue weighted by Crippen LogP contribution is 2.43. The molecule has 1 aliphatic heterocycles. The normalized spacial score (nSPS) is 20.5. The summed E-state index contributed by atoms with van der Waals surface area (Å²) in [5.74, 6) is -0.371. The Morgan fingerprint density at radius 3 is 2.33 bits per heavy atom. The van der Waals surface area contributed by atoms with E-state index in [4.69, 9.17) is 0 Å². The number of imide groups is 1. The van der Waals surface area contributed by atoms with Gasteiger partial charge in [-0.1, -0.05) is 48.5 Å². The second kappa shape index (κ2) is 4.85. The van der Waals surface area contributed by atoms with E-state index in [-0.39, 0.29) is 11.8 Å². The maximum atomic E-state index is 12.8. The molecule has 0 saturated heterocycles. The average molecular weight is 279 g/mol. The Morgan fingerprint density at radius 2 is 1.67 bits per heavy atom. The zero-order chi connectivity index (χ0) is 15.0. The third-order valence-corrected chi connectivity index (χ3v) is 4.13. The quantitative estimate of drug-likeness (QED) is 0.847. The van der Waals surface area contributed by atoms with E-state index in [0.717, 1.165) is 11.1 Å². The molecule has 2 amide bonds. The van der Waals surface area contributed by atoms with Crippen molar-refractivity contribution in [2.45, 2.75) is 25.7 Å². The van der Waals surface area contributed by atoms with E-state index in [2.05, 4.69) is 0 Å². The van der Waals surface area contributed by atoms with Gasteiger partial charge in [0, 0.05) is 6.92 Å². The molecule has 0 saturated carbocycles. The van der Waals surface area contributed by atoms with Crippen molar-refractivity contribution in [3.05, 3.63) is 65.7 Å². The molecule has 0 radical (unpaired) electrons. The lowest BCUT2D eigenvalue weighted by Crippen LogP contribution is -2.41. The van der Waals surface area contributed by atoms with Crippen LogP contribution in [0, 0.1) is 0 Å². The van der Waals surface area contributed by atoms with Crippen molar-refractivity contribution in [2.24, 2.45) is 0 Å². The molecule has 2 aromatic carbocycles. The van der Waals surface area contributed by atoms with Crippen LogP contribution >= 0.6 is 0 Å². The van der Waals surface area contributed by atoms with E-state index in [0.29, 0.717) is 12.1 Å². The Labute approximate surface area is 124 Å². The molecule has 3 rings (SSSR count). The average Bonchev–Trinajstić information content (AvgIpc) is 2.69. The van der Waals surface area contributed by atoms with E-state index >= 15 is 0 Å². The molecule has 3 nitrogen and oxygen atoms in total. The predicted molar refractivity (Wildman–Crippen MR) is 82.1 cm³/mol. The van der Waals surface area contributed by atoms with Gasteiger partial charge in [0.05, 0.1) is 11.1 Å². The smallest absolute Gasteiger partial charge is 0.244 e. The molecule has 3 heteroatoms. The highest BCUT2D eigenvalue weighted by Gasteiger charge is 2.48. The minimum atomic E-state index is -0.691. The molecule has 1 unspecified atom stereocenters. The van der Waals surface area contributed by atoms with E-state index < -0.39 is 5.41 Å². The summed E-state index contributed by atoms with van der Waals surface area (Å²) in [6.45, 7) is 3.35. The minimum Gasteiger partial charge on any atom is -0.274 e. The molecule has 1 aliphatic rings. The summed E-state index contributed by atoms with van der Waals surface area (Å²) >= 11 is 0. The molecule has 0 fully saturated rings. The molecule has 1 heterocycles. The van der Waals surface area contributed by atoms with Gasteiger partial charge in [0.25, 0.3) is 0 Å². The number of nitrogens with zero attached hydrogens (tertiary/aromatic N) is 1. The van der Waals surface area contributed by atoms with Crippen LogP contribution in [0.5, 0.6) is 0 Å². The van der Waals surface area contributed by atoms with Crippen LogP contribution in [0.1, 0.15) is 25.0 Å². The van der Waals surface area contributed by atoms with E-state index in [1.807, 2.05) is 61.5 Å². The Morgan fingerprint density at radius 1 is 1.05 bits per heavy atom. The Bertz CT molecular complexity index is 708. The summed E-state index contributed by atoms with van der Waals surface area (Å²) in [7, 11) is 0. The molecule has 21 heavy (non-hydrogen) atoms. The summed E-state index contributed by atoms with van der Waals surface area (Å²) < 4.78 is 0. The number of hydrogen-bond acceptors (Lipinski definition) is 2. The predicted octanol–water partition coefficient (Wildman–Crippen LogP) is 3.08. The van der Waals surface area contributed by atoms with Crippen LogP contribution in [0.4, 0.5) is 5.69 Å². The SMILES string of the molecule is CC(=O)N1C(=O)C(C)(Cc2ccccc2)c2ccccc21. The summed E-state index contributed by atoms with van der Waals surface area (Å²) in [5, 5.41) is 0. The topological polar surface area (TPSA) is 37.4 Å². The lowest BCUT2D eigenvalue weighted by atomic mass is 9.78. The third kappa shape index (κ3) is 2.05. The number of amides is 2. The second-order valence-corrected chi connectivity index (χ2v) is 5.67. The van der Waals surface area contributed by atoms with Crippen molar-refractivity contribution in [2.75, 3.05) is 4.90 Å². The lowest BCUT2D eigenvalue weighted by Gasteiger charge is -2.23. The Hall–Kier alpha value is -2.42. The monoisotopic (exact) mass is 279 g/mol. The number of anilines is 1. The number of carbonyl (C=O) groups excluding carboxylic acids is 2. The lowest BCUT2D eigenvalue weighted by molar-refractivity contribution is -0.127. The highest BCUT2D eigenvalue weighted by molar-refractivity contribution is 6.22. The largest absolute Gasteiger partial charge is 0.274 e. The van der Waals surface area contributed by atoms with Gasteiger partial charge in [-0.2, -0.15) is 0 Å². The fraction of sp³-hybridized carbons (Fsp3) is 0.222. The third-order valence-electron chi connectivity index (χ3n) is 4.13. The van der Waals surface area contributed by atoms with Gasteiger partial charge in [0.2, 0.25) is 11.8 Å². The number of benzene rings is 2. The van der Waals surface area contributed by atoms with Crippen LogP contribution in [-0.2, 0) is 21.4 Å². The van der Waals surface area contributed by atoms with Gasteiger partial charge in [-0.05, 0) is 30.5 Å². The van der Waals surface area contributed by atoms with Crippen molar-refractivity contribution in [3.8, 4) is 0 Å². The fourth-order valence-corrected chi connectivity index (χ4v) is 3.09. The molecule has 0 aliphatic carbocycles. The van der Waals surface area contributed by atoms with Crippen LogP contribution < -0.4 is 4.90 Å². The fourth-order valence-electron chi connectivity index (χ4n) is 3.09. The molecule has 0 N–H and O–H groups in total. The molecule has 0 bridgehead atoms. The molecule has 2 aromatic rings. The first-order chi connectivity index (χ1) is 10.0. The van der Waals surface area contributed by atoms with Crippen molar-refractivity contribution in [3.63, 3.8) is 0 Å². The van der Waals surface area contributed by atoms with Crippen LogP contribution in [0.25, 0.3) is 0 Å². The standard InChI is InChI=1S/C18H17NO2/c1-13(20)19-16-11-7-6-10-15(16)18(2,17(19)21)12-14-8-4-3-5-9-14/h3-11H,12H2,1-2H3. The maximum Gasteiger partial charge on any atom is 0.244 e. The van der Waals surface area contributed by atoms with Crippen molar-refractivity contribution in [1.82, 2.24) is 0 Å². The first kappa shape index (κ1) is 13.6. The highest BCUT2D eigenvalue weighted by atomic mass is 16.2. The van der Waals surface area contributed by atoms with Gasteiger partial charge in [-0.25, -0.2) is 4.90 Å². The first-order valence-corrected chi connectivity index (χ1v) is 7.02. The van der Waals surface area contributed by atoms with E-state index in [9.17, 15) is 9.59 Å². The number of fused-ring (bicyclic) bond motifs is 1. The van der Waals surface area contributed by atoms with E-state index in [1.165, 1.54) is 11.8 Å². The summed E-state index contributed by atoms with van der Waals surface area (Å²) in [4.78, 5) is 26.0. The van der Waals surface area contributed by atoms with Crippen LogP contribution in [0.2, 0.25) is 0 Å². The van der Waals surface area contributed by atoms with Crippen LogP contribution in [-0.4, -0.2) is 11.8 Å². The van der Waals surface area contributed by atoms with Gasteiger partial charge in [-0.15, -0.1) is 0 Å². The molecule has 1 atom stereocenters. The zero-order valence-corrected chi connectivity index (χ0v) is 12.2. The van der Waals surface area contributed by atoms with Crippen molar-refractivity contribution in [1.29, 1.82) is 0 Å². The first-order valence-electron chi connectivity index (χ1n) is 7.02. The number of para-hydroxylation sites is 1. The van der Waals surface area contributed by atoms with Gasteiger partial charge < -0.3 is 0 Å². The van der Waals surface area contributed by atoms with Gasteiger partial charge >= 0.3 is 0 Å². The zero-order valence-electron chi connectivity index (χ0n) is 12.2. The molecule has 106 valence electrons. The molecule has 0 spiro atoms. The Balaban J connectivity index is 2.10. The summed E-state index contributed by atoms with van der Waals surface area (Å²) in [5.41, 5.74) is 2.04. The molecule has 0 aromatic heterocycles. The summed E-state index contributed by atoms with van der Waals surface area (Å²) in [6, 6.07) is 17.5. The van der Waals surface area contributed by atoms with E-state index in [1.54, 1.807) is 0 Å². The van der Waals surface area contributed by atoms with Gasteiger partial charge in [-0.3, -0.25) is 9.59 Å². The summed E-state index contributed by atoms with van der Waals surface area (Å²) in [6.07, 6.45) is 0.591. The van der Waals surface area contributed by atoms with Gasteiger partial charge in [0.15, 0.2) is 0 Å². The van der Waals surface area contributed by atoms with Crippen LogP contribution in [0.15, 0.2) is 54.6 Å². The number of rotatable bonds is 2. The number of hydrogen-bond donors (Lipinski definition) is 0. The molecular formula is C18H17NO2. The van der Waals surface area contributed by atoms with Gasteiger partial charge in [0.1, 0.15) is 0 Å².